The summed E-state index contributed by atoms with van der Waals surface area (Å²) in [6.45, 7) is 0. The van der Waals surface area contributed by atoms with Gasteiger partial charge in [0, 0.05) is 0 Å². The molecule has 0 unspecified atom stereocenters. The van der Waals surface area contributed by atoms with Crippen LogP contribution in [-0.2, 0) is 0 Å². The largest absolute Gasteiger partial charge is 0.478 e. The Balaban J connectivity index is 1.91. The van der Waals surface area contributed by atoms with Gasteiger partial charge in [-0.05, 0) is 65.5 Å². The Morgan fingerprint density at radius 2 is 1.33 bits per heavy atom. The van der Waals surface area contributed by atoms with Crippen molar-refractivity contribution < 1.29 is 9.90 Å². The van der Waals surface area contributed by atoms with Crippen molar-refractivity contribution in [2.24, 2.45) is 0 Å². The van der Waals surface area contributed by atoms with Gasteiger partial charge in [-0.15, -0.1) is 0 Å². The molecule has 144 valence electrons. The summed E-state index contributed by atoms with van der Waals surface area (Å²) in [6.07, 6.45) is 14.6. The number of aromatic carboxylic acids is 1. The number of rotatable bonds is 3. The van der Waals surface area contributed by atoms with Crippen LogP contribution in [0, 0.1) is 0 Å². The molecule has 0 bridgehead atoms. The van der Waals surface area contributed by atoms with Crippen LogP contribution < -0.4 is 0 Å². The van der Waals surface area contributed by atoms with Crippen LogP contribution >= 0.6 is 0 Å². The first-order valence-corrected chi connectivity index (χ1v) is 11.0. The van der Waals surface area contributed by atoms with Gasteiger partial charge in [0.15, 0.2) is 0 Å². The van der Waals surface area contributed by atoms with Gasteiger partial charge in [-0.25, -0.2) is 4.79 Å². The summed E-state index contributed by atoms with van der Waals surface area (Å²) in [5, 5.41) is 12.7. The Hall–Kier alpha value is -1.83. The summed E-state index contributed by atoms with van der Waals surface area (Å²) in [7, 11) is 0. The highest BCUT2D eigenvalue weighted by atomic mass is 16.4. The highest BCUT2D eigenvalue weighted by Gasteiger charge is 2.29. The van der Waals surface area contributed by atoms with Crippen LogP contribution in [0.3, 0.4) is 0 Å². The molecule has 0 amide bonds. The Bertz CT molecular complexity index is 791. The Labute approximate surface area is 163 Å². The van der Waals surface area contributed by atoms with Crippen molar-refractivity contribution in [3.63, 3.8) is 0 Å². The minimum absolute atomic E-state index is 0.397. The average Bonchev–Trinajstić information content (AvgIpc) is 3.11. The minimum Gasteiger partial charge on any atom is -0.478 e. The van der Waals surface area contributed by atoms with Crippen molar-refractivity contribution in [1.29, 1.82) is 0 Å². The zero-order valence-electron chi connectivity index (χ0n) is 16.4. The molecule has 0 aromatic heterocycles. The topological polar surface area (TPSA) is 37.3 Å². The van der Waals surface area contributed by atoms with Crippen LogP contribution in [0.4, 0.5) is 0 Å². The first-order valence-electron chi connectivity index (χ1n) is 11.0. The quantitative estimate of drug-likeness (QED) is 0.576. The van der Waals surface area contributed by atoms with Crippen molar-refractivity contribution in [1.82, 2.24) is 0 Å². The third-order valence-electron chi connectivity index (χ3n) is 6.89. The molecular formula is C25H32O2. The number of carboxylic acids is 1. The minimum atomic E-state index is -0.709. The molecule has 2 aromatic carbocycles. The number of carboxylic acid groups (broad SMARTS) is 1. The molecule has 0 spiro atoms. The SMILES string of the molecule is O=C(O)c1c(C2CCCCCC2)cc2ccccc2c1C1CCCCCC1. The smallest absolute Gasteiger partial charge is 0.336 e. The third kappa shape index (κ3) is 3.90. The number of hydrogen-bond acceptors (Lipinski definition) is 1. The molecule has 4 rings (SSSR count). The molecule has 1 N–H and O–H groups in total. The molecule has 0 heterocycles. The maximum atomic E-state index is 12.5. The first-order chi connectivity index (χ1) is 13.3. The normalized spacial score (nSPS) is 20.3. The summed E-state index contributed by atoms with van der Waals surface area (Å²) >= 11 is 0. The van der Waals surface area contributed by atoms with Crippen molar-refractivity contribution >= 4 is 16.7 Å². The predicted octanol–water partition coefficient (Wildman–Crippen LogP) is 7.41. The van der Waals surface area contributed by atoms with Crippen LogP contribution in [0.25, 0.3) is 10.8 Å². The van der Waals surface area contributed by atoms with E-state index < -0.39 is 5.97 Å². The highest BCUT2D eigenvalue weighted by Crippen LogP contribution is 2.43. The van der Waals surface area contributed by atoms with Crippen LogP contribution in [0.5, 0.6) is 0 Å². The highest BCUT2D eigenvalue weighted by molar-refractivity contribution is 6.00. The zero-order valence-corrected chi connectivity index (χ0v) is 16.4. The van der Waals surface area contributed by atoms with Gasteiger partial charge >= 0.3 is 5.97 Å². The molecule has 2 aliphatic carbocycles. The van der Waals surface area contributed by atoms with E-state index in [-0.39, 0.29) is 0 Å². The number of hydrogen-bond donors (Lipinski definition) is 1. The van der Waals surface area contributed by atoms with E-state index in [2.05, 4.69) is 30.3 Å². The molecule has 0 atom stereocenters. The molecule has 27 heavy (non-hydrogen) atoms. The second-order valence-electron chi connectivity index (χ2n) is 8.66. The van der Waals surface area contributed by atoms with Gasteiger partial charge in [0.25, 0.3) is 0 Å². The van der Waals surface area contributed by atoms with E-state index in [1.54, 1.807) is 0 Å². The number of benzene rings is 2. The van der Waals surface area contributed by atoms with E-state index in [9.17, 15) is 9.90 Å². The third-order valence-corrected chi connectivity index (χ3v) is 6.89. The lowest BCUT2D eigenvalue weighted by atomic mass is 9.78. The molecule has 0 radical (unpaired) electrons. The maximum Gasteiger partial charge on any atom is 0.336 e. The van der Waals surface area contributed by atoms with E-state index >= 15 is 0 Å². The summed E-state index contributed by atoms with van der Waals surface area (Å²) in [5.74, 6) is 0.0983. The molecule has 2 fully saturated rings. The molecule has 2 aromatic rings. The summed E-state index contributed by atoms with van der Waals surface area (Å²) in [4.78, 5) is 12.5. The lowest BCUT2D eigenvalue weighted by Crippen LogP contribution is -2.14. The van der Waals surface area contributed by atoms with Crippen LogP contribution in [-0.4, -0.2) is 11.1 Å². The summed E-state index contributed by atoms with van der Waals surface area (Å²) < 4.78 is 0. The number of fused-ring (bicyclic) bond motifs is 1. The van der Waals surface area contributed by atoms with E-state index in [0.29, 0.717) is 17.4 Å². The average molecular weight is 365 g/mol. The Kier molecular flexibility index (Phi) is 5.80. The fourth-order valence-electron chi connectivity index (χ4n) is 5.54. The summed E-state index contributed by atoms with van der Waals surface area (Å²) in [6, 6.07) is 10.7. The van der Waals surface area contributed by atoms with Gasteiger partial charge in [0.1, 0.15) is 0 Å². The van der Waals surface area contributed by atoms with Crippen LogP contribution in [0.1, 0.15) is 110 Å². The van der Waals surface area contributed by atoms with Crippen LogP contribution in [0.2, 0.25) is 0 Å². The Morgan fingerprint density at radius 3 is 1.93 bits per heavy atom. The fraction of sp³-hybridized carbons (Fsp3) is 0.560. The first kappa shape index (κ1) is 18.5. The van der Waals surface area contributed by atoms with E-state index in [1.165, 1.54) is 62.1 Å². The van der Waals surface area contributed by atoms with Crippen molar-refractivity contribution in [2.45, 2.75) is 88.9 Å². The molecule has 2 nitrogen and oxygen atoms in total. The Morgan fingerprint density at radius 1 is 0.778 bits per heavy atom. The predicted molar refractivity (Wildman–Crippen MR) is 112 cm³/mol. The van der Waals surface area contributed by atoms with Crippen molar-refractivity contribution in [3.8, 4) is 0 Å². The maximum absolute atomic E-state index is 12.5. The van der Waals surface area contributed by atoms with E-state index in [4.69, 9.17) is 0 Å². The molecule has 2 heteroatoms. The van der Waals surface area contributed by atoms with E-state index in [0.717, 1.165) is 36.8 Å². The van der Waals surface area contributed by atoms with E-state index in [1.807, 2.05) is 0 Å². The van der Waals surface area contributed by atoms with Gasteiger partial charge in [-0.2, -0.15) is 0 Å². The van der Waals surface area contributed by atoms with Crippen molar-refractivity contribution in [3.05, 3.63) is 47.0 Å². The molecule has 2 saturated carbocycles. The zero-order chi connectivity index (χ0) is 18.6. The van der Waals surface area contributed by atoms with Crippen LogP contribution in [0.15, 0.2) is 30.3 Å². The van der Waals surface area contributed by atoms with Gasteiger partial charge in [-0.3, -0.25) is 0 Å². The van der Waals surface area contributed by atoms with Gasteiger partial charge in [0.05, 0.1) is 5.56 Å². The summed E-state index contributed by atoms with van der Waals surface area (Å²) in [5.41, 5.74) is 2.94. The van der Waals surface area contributed by atoms with Gasteiger partial charge in [-0.1, -0.05) is 75.6 Å². The second-order valence-corrected chi connectivity index (χ2v) is 8.66. The lowest BCUT2D eigenvalue weighted by Gasteiger charge is -2.25. The fourth-order valence-corrected chi connectivity index (χ4v) is 5.54. The van der Waals surface area contributed by atoms with Crippen molar-refractivity contribution in [2.75, 3.05) is 0 Å². The molecule has 0 saturated heterocycles. The van der Waals surface area contributed by atoms with Gasteiger partial charge < -0.3 is 5.11 Å². The monoisotopic (exact) mass is 364 g/mol. The lowest BCUT2D eigenvalue weighted by molar-refractivity contribution is 0.0693. The number of carbonyl (C=O) groups is 1. The molecular weight excluding hydrogens is 332 g/mol. The second kappa shape index (κ2) is 8.46. The molecule has 0 aliphatic heterocycles. The standard InChI is InChI=1S/C25H32O2/c26-25(27)24-22(18-11-5-1-2-6-12-18)17-20-15-9-10-16-21(20)23(24)19-13-7-3-4-8-14-19/h9-10,15-19H,1-8,11-14H2,(H,26,27). The molecule has 2 aliphatic rings. The van der Waals surface area contributed by atoms with Gasteiger partial charge in [0.2, 0.25) is 0 Å².